The molecule has 104 valence electrons. The molecule has 0 N–H and O–H groups in total. The first-order chi connectivity index (χ1) is 8.84. The van der Waals surface area contributed by atoms with E-state index in [-0.39, 0.29) is 0 Å². The third-order valence-electron chi connectivity index (χ3n) is 2.67. The van der Waals surface area contributed by atoms with E-state index in [2.05, 4.69) is 52.0 Å². The number of hydrogen-bond donors (Lipinski definition) is 0. The Kier molecular flexibility index (Phi) is 12.1. The van der Waals surface area contributed by atoms with Gasteiger partial charge in [0.15, 0.2) is 0 Å². The van der Waals surface area contributed by atoms with Gasteiger partial charge in [0.25, 0.3) is 0 Å². The van der Waals surface area contributed by atoms with Crippen molar-refractivity contribution in [1.82, 2.24) is 0 Å². The zero-order valence-corrected chi connectivity index (χ0v) is 14.6. The first-order valence-corrected chi connectivity index (χ1v) is 8.94. The van der Waals surface area contributed by atoms with Crippen molar-refractivity contribution in [1.29, 1.82) is 0 Å². The number of rotatable bonds is 2. The van der Waals surface area contributed by atoms with Crippen LogP contribution in [0.2, 0.25) is 0 Å². The van der Waals surface area contributed by atoms with E-state index >= 15 is 0 Å². The van der Waals surface area contributed by atoms with Gasteiger partial charge in [0, 0.05) is 14.6 Å². The Bertz CT molecular complexity index is 276. The molecular weight excluding hydrogens is 304 g/mol. The summed E-state index contributed by atoms with van der Waals surface area (Å²) in [6, 6.07) is 8.68. The molecule has 0 atom stereocenters. The van der Waals surface area contributed by atoms with Crippen LogP contribution in [-0.2, 0) is 0 Å². The lowest BCUT2D eigenvalue weighted by Crippen LogP contribution is -2.07. The van der Waals surface area contributed by atoms with Crippen LogP contribution in [0.25, 0.3) is 0 Å². The lowest BCUT2D eigenvalue weighted by Gasteiger charge is -2.20. The van der Waals surface area contributed by atoms with Crippen molar-refractivity contribution in [2.45, 2.75) is 69.9 Å². The minimum atomic E-state index is 0.866. The van der Waals surface area contributed by atoms with Gasteiger partial charge < -0.3 is 0 Å². The molecule has 1 saturated carbocycles. The molecule has 0 heterocycles. The number of hydrogen-bond acceptors (Lipinski definition) is 1. The van der Waals surface area contributed by atoms with Crippen molar-refractivity contribution < 1.29 is 0 Å². The molecule has 0 amide bonds. The highest BCUT2D eigenvalue weighted by Crippen LogP contribution is 2.33. The third-order valence-corrected chi connectivity index (χ3v) is 4.55. The summed E-state index contributed by atoms with van der Waals surface area (Å²) in [5, 5.41) is 0.866. The SMILES string of the molecule is Brc1ccc(SC2CCCCC2)cc1.CC.CC. The lowest BCUT2D eigenvalue weighted by atomic mass is 10.0. The maximum absolute atomic E-state index is 3.46. The van der Waals surface area contributed by atoms with Gasteiger partial charge in [-0.2, -0.15) is 0 Å². The highest BCUT2D eigenvalue weighted by molar-refractivity contribution is 9.10. The second-order valence-corrected chi connectivity index (χ2v) is 6.12. The van der Waals surface area contributed by atoms with Gasteiger partial charge in [0.1, 0.15) is 0 Å². The van der Waals surface area contributed by atoms with Crippen LogP contribution >= 0.6 is 27.7 Å². The molecule has 1 aliphatic carbocycles. The zero-order valence-electron chi connectivity index (χ0n) is 12.2. The van der Waals surface area contributed by atoms with Crippen molar-refractivity contribution in [3.63, 3.8) is 0 Å². The van der Waals surface area contributed by atoms with Crippen LogP contribution in [0.3, 0.4) is 0 Å². The largest absolute Gasteiger partial charge is 0.123 e. The normalized spacial score (nSPS) is 14.9. The van der Waals surface area contributed by atoms with Gasteiger partial charge in [0.2, 0.25) is 0 Å². The molecule has 0 saturated heterocycles. The van der Waals surface area contributed by atoms with Crippen molar-refractivity contribution in [2.24, 2.45) is 0 Å². The average Bonchev–Trinajstić information content (AvgIpc) is 2.47. The van der Waals surface area contributed by atoms with Crippen molar-refractivity contribution in [3.8, 4) is 0 Å². The fourth-order valence-electron chi connectivity index (χ4n) is 1.89. The predicted octanol–water partition coefficient (Wildman–Crippen LogP) is 6.93. The van der Waals surface area contributed by atoms with Gasteiger partial charge in [-0.1, -0.05) is 62.9 Å². The topological polar surface area (TPSA) is 0 Å². The van der Waals surface area contributed by atoms with E-state index in [4.69, 9.17) is 0 Å². The van der Waals surface area contributed by atoms with Crippen LogP contribution in [0.4, 0.5) is 0 Å². The Labute approximate surface area is 126 Å². The van der Waals surface area contributed by atoms with Crippen molar-refractivity contribution in [3.05, 3.63) is 28.7 Å². The van der Waals surface area contributed by atoms with Gasteiger partial charge in [-0.25, -0.2) is 0 Å². The number of benzene rings is 1. The summed E-state index contributed by atoms with van der Waals surface area (Å²) >= 11 is 5.51. The van der Waals surface area contributed by atoms with Crippen molar-refractivity contribution in [2.75, 3.05) is 0 Å². The molecule has 0 radical (unpaired) electrons. The van der Waals surface area contributed by atoms with E-state index < -0.39 is 0 Å². The fraction of sp³-hybridized carbons (Fsp3) is 0.625. The summed E-state index contributed by atoms with van der Waals surface area (Å²) in [7, 11) is 0. The molecule has 0 bridgehead atoms. The molecule has 1 aliphatic rings. The maximum atomic E-state index is 3.46. The summed E-state index contributed by atoms with van der Waals surface area (Å²) in [6.07, 6.45) is 7.10. The molecular formula is C16H27BrS. The standard InChI is InChI=1S/C12H15BrS.2C2H6/c13-10-6-8-12(9-7-10)14-11-4-2-1-3-5-11;2*1-2/h6-9,11H,1-5H2;2*1-2H3. The summed E-state index contributed by atoms with van der Waals surface area (Å²) in [6.45, 7) is 8.00. The van der Waals surface area contributed by atoms with Crippen LogP contribution < -0.4 is 0 Å². The summed E-state index contributed by atoms with van der Waals surface area (Å²) in [5.41, 5.74) is 0. The Morgan fingerprint density at radius 2 is 1.39 bits per heavy atom. The second kappa shape index (κ2) is 12.1. The molecule has 0 unspecified atom stereocenters. The minimum Gasteiger partial charge on any atom is -0.123 e. The molecule has 1 aromatic rings. The fourth-order valence-corrected chi connectivity index (χ4v) is 3.40. The summed E-state index contributed by atoms with van der Waals surface area (Å²) in [4.78, 5) is 1.42. The molecule has 1 aromatic carbocycles. The first-order valence-electron chi connectivity index (χ1n) is 7.27. The van der Waals surface area contributed by atoms with Gasteiger partial charge in [-0.05, 0) is 37.1 Å². The molecule has 0 aliphatic heterocycles. The predicted molar refractivity (Wildman–Crippen MR) is 89.6 cm³/mol. The van der Waals surface area contributed by atoms with Crippen LogP contribution in [0.5, 0.6) is 0 Å². The minimum absolute atomic E-state index is 0.866. The van der Waals surface area contributed by atoms with Gasteiger partial charge in [0.05, 0.1) is 0 Å². The molecule has 0 nitrogen and oxygen atoms in total. The van der Waals surface area contributed by atoms with E-state index in [1.807, 2.05) is 27.7 Å². The maximum Gasteiger partial charge on any atom is 0.0176 e. The Hall–Kier alpha value is 0.0500. The van der Waals surface area contributed by atoms with Crippen molar-refractivity contribution >= 4 is 27.7 Å². The van der Waals surface area contributed by atoms with Crippen LogP contribution in [0, 0.1) is 0 Å². The van der Waals surface area contributed by atoms with Gasteiger partial charge >= 0.3 is 0 Å². The van der Waals surface area contributed by atoms with E-state index in [1.54, 1.807) is 0 Å². The quantitative estimate of drug-likeness (QED) is 0.566. The lowest BCUT2D eigenvalue weighted by molar-refractivity contribution is 0.516. The monoisotopic (exact) mass is 330 g/mol. The number of thioether (sulfide) groups is 1. The summed E-state index contributed by atoms with van der Waals surface area (Å²) in [5.74, 6) is 0. The molecule has 0 aromatic heterocycles. The van der Waals surface area contributed by atoms with Gasteiger partial charge in [-0.15, -0.1) is 11.8 Å². The Morgan fingerprint density at radius 1 is 0.889 bits per heavy atom. The van der Waals surface area contributed by atoms with E-state index in [0.29, 0.717) is 0 Å². The molecule has 18 heavy (non-hydrogen) atoms. The van der Waals surface area contributed by atoms with Crippen LogP contribution in [0.1, 0.15) is 59.8 Å². The van der Waals surface area contributed by atoms with Crippen LogP contribution in [-0.4, -0.2) is 5.25 Å². The third kappa shape index (κ3) is 7.48. The Morgan fingerprint density at radius 3 is 1.89 bits per heavy atom. The highest BCUT2D eigenvalue weighted by Gasteiger charge is 2.14. The highest BCUT2D eigenvalue weighted by atomic mass is 79.9. The van der Waals surface area contributed by atoms with E-state index in [0.717, 1.165) is 5.25 Å². The first kappa shape index (κ1) is 18.0. The molecule has 1 fully saturated rings. The van der Waals surface area contributed by atoms with E-state index in [1.165, 1.54) is 41.5 Å². The average molecular weight is 331 g/mol. The Balaban J connectivity index is 0.000000659. The van der Waals surface area contributed by atoms with Gasteiger partial charge in [-0.3, -0.25) is 0 Å². The zero-order chi connectivity index (χ0) is 13.8. The molecule has 2 heteroatoms. The number of halogens is 1. The smallest absolute Gasteiger partial charge is 0.0176 e. The molecule has 0 spiro atoms. The molecule has 2 rings (SSSR count). The van der Waals surface area contributed by atoms with E-state index in [9.17, 15) is 0 Å². The second-order valence-electron chi connectivity index (χ2n) is 3.83. The summed E-state index contributed by atoms with van der Waals surface area (Å²) < 4.78 is 1.17. The van der Waals surface area contributed by atoms with Crippen LogP contribution in [0.15, 0.2) is 33.6 Å².